The van der Waals surface area contributed by atoms with Crippen molar-refractivity contribution in [2.24, 2.45) is 0 Å². The molecule has 0 saturated heterocycles. The van der Waals surface area contributed by atoms with E-state index in [4.69, 9.17) is 0 Å². The predicted octanol–water partition coefficient (Wildman–Crippen LogP) is -7.13. The molecule has 0 N–H and O–H groups in total. The van der Waals surface area contributed by atoms with E-state index in [1.165, 1.54) is 13.8 Å². The molecule has 5 nitrogen and oxygen atoms in total. The number of carboxylic acids is 1. The van der Waals surface area contributed by atoms with Gasteiger partial charge in [-0.05, 0) is 12.5 Å². The van der Waals surface area contributed by atoms with E-state index >= 15 is 0 Å². The van der Waals surface area contributed by atoms with Crippen LogP contribution in [-0.4, -0.2) is 24.7 Å². The van der Waals surface area contributed by atoms with Crippen molar-refractivity contribution in [3.63, 3.8) is 0 Å². The SMILES string of the molecule is C=C(C)C(=O)[O-].CCS(=O)(=O)[O-].[K+].[K+]. The first-order chi connectivity index (χ1) is 5.20. The Balaban J connectivity index is -0.0000000625. The average molecular weight is 272 g/mol. The second kappa shape index (κ2) is 13.5. The van der Waals surface area contributed by atoms with E-state index in [0.29, 0.717) is 0 Å². The zero-order chi connectivity index (χ0) is 10.4. The van der Waals surface area contributed by atoms with Gasteiger partial charge in [0.05, 0.1) is 16.1 Å². The molecule has 72 valence electrons. The third kappa shape index (κ3) is 29.3. The van der Waals surface area contributed by atoms with E-state index in [1.807, 2.05) is 0 Å². The van der Waals surface area contributed by atoms with E-state index in [9.17, 15) is 22.9 Å². The first kappa shape index (κ1) is 25.3. The summed E-state index contributed by atoms with van der Waals surface area (Å²) in [6.07, 6.45) is 0. The van der Waals surface area contributed by atoms with Crippen molar-refractivity contribution in [3.05, 3.63) is 12.2 Å². The molecular formula is C6H10K2O5S. The molecule has 0 aromatic carbocycles. The number of carboxylic acid groups (broad SMARTS) is 1. The Bertz CT molecular complexity index is 247. The van der Waals surface area contributed by atoms with Gasteiger partial charge in [-0.3, -0.25) is 0 Å². The van der Waals surface area contributed by atoms with Crippen LogP contribution in [0.25, 0.3) is 0 Å². The summed E-state index contributed by atoms with van der Waals surface area (Å²) in [5, 5.41) is 9.49. The Morgan fingerprint density at radius 3 is 1.50 bits per heavy atom. The first-order valence-electron chi connectivity index (χ1n) is 3.01. The normalized spacial score (nSPS) is 8.21. The molecule has 0 aliphatic rings. The van der Waals surface area contributed by atoms with Crippen molar-refractivity contribution in [2.45, 2.75) is 13.8 Å². The summed E-state index contributed by atoms with van der Waals surface area (Å²) in [5.74, 6) is -1.50. The molecule has 0 amide bonds. The van der Waals surface area contributed by atoms with E-state index in [1.54, 1.807) is 0 Å². The summed E-state index contributed by atoms with van der Waals surface area (Å²) in [6.45, 7) is 5.78. The van der Waals surface area contributed by atoms with Crippen LogP contribution in [0, 0.1) is 0 Å². The molecule has 0 saturated carbocycles. The van der Waals surface area contributed by atoms with Crippen LogP contribution in [0.5, 0.6) is 0 Å². The van der Waals surface area contributed by atoms with Crippen LogP contribution in [0.1, 0.15) is 13.8 Å². The van der Waals surface area contributed by atoms with Gasteiger partial charge in [-0.2, -0.15) is 0 Å². The van der Waals surface area contributed by atoms with Crippen LogP contribution in [0.2, 0.25) is 0 Å². The van der Waals surface area contributed by atoms with Crippen LogP contribution < -0.4 is 108 Å². The summed E-state index contributed by atoms with van der Waals surface area (Å²) in [4.78, 5) is 9.49. The third-order valence-electron chi connectivity index (χ3n) is 0.702. The monoisotopic (exact) mass is 272 g/mol. The van der Waals surface area contributed by atoms with Gasteiger partial charge in [-0.25, -0.2) is 8.42 Å². The number of rotatable bonds is 2. The van der Waals surface area contributed by atoms with Gasteiger partial charge >= 0.3 is 103 Å². The minimum absolute atomic E-state index is 0. The predicted molar refractivity (Wildman–Crippen MR) is 40.1 cm³/mol. The third-order valence-corrected chi connectivity index (χ3v) is 1.41. The Morgan fingerprint density at radius 1 is 1.36 bits per heavy atom. The van der Waals surface area contributed by atoms with Gasteiger partial charge < -0.3 is 14.5 Å². The summed E-state index contributed by atoms with van der Waals surface area (Å²) in [6, 6.07) is 0. The quantitative estimate of drug-likeness (QED) is 0.283. The van der Waals surface area contributed by atoms with Gasteiger partial charge in [0, 0.05) is 5.75 Å². The number of aliphatic carboxylic acids is 1. The molecule has 0 aromatic rings. The zero-order valence-electron chi connectivity index (χ0n) is 8.86. The molecule has 0 radical (unpaired) electrons. The summed E-state index contributed by atoms with van der Waals surface area (Å²) in [7, 11) is -3.91. The van der Waals surface area contributed by atoms with Gasteiger partial charge in [0.25, 0.3) is 0 Å². The smallest absolute Gasteiger partial charge is 0.748 e. The molecule has 0 aromatic heterocycles. The van der Waals surface area contributed by atoms with Gasteiger partial charge in [0.2, 0.25) is 0 Å². The van der Waals surface area contributed by atoms with Gasteiger partial charge in [-0.1, -0.05) is 13.5 Å². The molecule has 0 bridgehead atoms. The van der Waals surface area contributed by atoms with Crippen molar-refractivity contribution in [3.8, 4) is 0 Å². The molecule has 0 heterocycles. The van der Waals surface area contributed by atoms with Crippen LogP contribution >= 0.6 is 0 Å². The van der Waals surface area contributed by atoms with Crippen molar-refractivity contribution in [2.75, 3.05) is 5.75 Å². The van der Waals surface area contributed by atoms with E-state index in [-0.39, 0.29) is 114 Å². The van der Waals surface area contributed by atoms with Crippen LogP contribution in [-0.2, 0) is 14.9 Å². The number of hydrogen-bond acceptors (Lipinski definition) is 5. The molecule has 8 heteroatoms. The first-order valence-corrected chi connectivity index (χ1v) is 4.58. The molecule has 0 unspecified atom stereocenters. The van der Waals surface area contributed by atoms with E-state index < -0.39 is 16.1 Å². The Kier molecular flexibility index (Phi) is 24.3. The van der Waals surface area contributed by atoms with Gasteiger partial charge in [-0.15, -0.1) is 0 Å². The fraction of sp³-hybridized carbons (Fsp3) is 0.500. The molecule has 0 aliphatic carbocycles. The molecule has 14 heavy (non-hydrogen) atoms. The fourth-order valence-electron chi connectivity index (χ4n) is 0. The summed E-state index contributed by atoms with van der Waals surface area (Å²) in [5.41, 5.74) is 0.0648. The van der Waals surface area contributed by atoms with Gasteiger partial charge in [0.15, 0.2) is 0 Å². The minimum Gasteiger partial charge on any atom is -0.748 e. The van der Waals surface area contributed by atoms with Crippen molar-refractivity contribution < 1.29 is 126 Å². The molecule has 0 rings (SSSR count). The van der Waals surface area contributed by atoms with Crippen molar-refractivity contribution in [1.82, 2.24) is 0 Å². The van der Waals surface area contributed by atoms with Gasteiger partial charge in [0.1, 0.15) is 0 Å². The minimum atomic E-state index is -3.91. The van der Waals surface area contributed by atoms with Crippen LogP contribution in [0.3, 0.4) is 0 Å². The van der Waals surface area contributed by atoms with E-state index in [2.05, 4.69) is 6.58 Å². The second-order valence-corrected chi connectivity index (χ2v) is 3.61. The largest absolute Gasteiger partial charge is 1.00 e. The zero-order valence-corrected chi connectivity index (χ0v) is 15.9. The second-order valence-electron chi connectivity index (χ2n) is 1.91. The molecule has 0 spiro atoms. The number of hydrogen-bond donors (Lipinski definition) is 0. The molecular weight excluding hydrogens is 262 g/mol. The number of carbonyl (C=O) groups excluding carboxylic acids is 1. The molecule has 0 fully saturated rings. The topological polar surface area (TPSA) is 97.3 Å². The fourth-order valence-corrected chi connectivity index (χ4v) is 0. The van der Waals surface area contributed by atoms with E-state index in [0.717, 1.165) is 0 Å². The van der Waals surface area contributed by atoms with Crippen LogP contribution in [0.15, 0.2) is 12.2 Å². The Labute approximate surface area is 169 Å². The standard InChI is InChI=1S/C4H6O2.C2H6O3S.2K/c1-3(2)4(5)6;1-2-6(3,4)5;;/h1H2,2H3,(H,5,6);2H2,1H3,(H,3,4,5);;/q;;2*+1/p-2. The van der Waals surface area contributed by atoms with Crippen molar-refractivity contribution in [1.29, 1.82) is 0 Å². The molecule has 0 aliphatic heterocycles. The Hall–Kier alpha value is 2.39. The average Bonchev–Trinajstić information content (AvgIpc) is 1.87. The molecule has 0 atom stereocenters. The maximum absolute atomic E-state index is 9.49. The maximum Gasteiger partial charge on any atom is 1.00 e. The summed E-state index contributed by atoms with van der Waals surface area (Å²) < 4.78 is 28.3. The Morgan fingerprint density at radius 2 is 1.50 bits per heavy atom. The van der Waals surface area contributed by atoms with Crippen LogP contribution in [0.4, 0.5) is 0 Å². The van der Waals surface area contributed by atoms with Crippen molar-refractivity contribution >= 4 is 16.1 Å². The summed E-state index contributed by atoms with van der Waals surface area (Å²) >= 11 is 0. The number of carbonyl (C=O) groups is 1. The maximum atomic E-state index is 9.49.